The van der Waals surface area contributed by atoms with Crippen molar-refractivity contribution in [3.8, 4) is 0 Å². The van der Waals surface area contributed by atoms with E-state index in [-0.39, 0.29) is 5.91 Å². The molecule has 0 fully saturated rings. The summed E-state index contributed by atoms with van der Waals surface area (Å²) in [6.07, 6.45) is 0. The number of benzene rings is 1. The Kier molecular flexibility index (Phi) is 3.78. The fourth-order valence-corrected chi connectivity index (χ4v) is 3.96. The Hall–Kier alpha value is -1.37. The second kappa shape index (κ2) is 5.55. The van der Waals surface area contributed by atoms with E-state index in [2.05, 4.69) is 21.2 Å². The summed E-state index contributed by atoms with van der Waals surface area (Å²) in [5, 5.41) is 7.84. The third-order valence-electron chi connectivity index (χ3n) is 2.93. The van der Waals surface area contributed by atoms with Crippen molar-refractivity contribution in [3.05, 3.63) is 49.9 Å². The Morgan fingerprint density at radius 2 is 2.20 bits per heavy atom. The standard InChI is InChI=1S/C14H11BrN2OS2/c15-9-1-2-11-10(5-9)12(16)13(20-11)14(18)17-6-8-3-4-19-7-8/h1-5,7H,6,16H2,(H,17,18). The first kappa shape index (κ1) is 13.6. The molecular formula is C14H11BrN2OS2. The lowest BCUT2D eigenvalue weighted by Crippen LogP contribution is -2.22. The Morgan fingerprint density at radius 1 is 1.35 bits per heavy atom. The quantitative estimate of drug-likeness (QED) is 0.728. The Labute approximate surface area is 132 Å². The van der Waals surface area contributed by atoms with E-state index in [1.807, 2.05) is 35.0 Å². The van der Waals surface area contributed by atoms with E-state index in [0.717, 1.165) is 20.1 Å². The number of rotatable bonds is 3. The number of nitrogens with two attached hydrogens (primary N) is 1. The lowest BCUT2D eigenvalue weighted by Gasteiger charge is -2.02. The average Bonchev–Trinajstić information content (AvgIpc) is 3.05. The molecule has 0 atom stereocenters. The molecular weight excluding hydrogens is 356 g/mol. The maximum atomic E-state index is 12.2. The Morgan fingerprint density at radius 3 is 2.95 bits per heavy atom. The molecule has 102 valence electrons. The number of fused-ring (bicyclic) bond motifs is 1. The number of nitrogens with one attached hydrogen (secondary N) is 1. The van der Waals surface area contributed by atoms with Crippen molar-refractivity contribution in [1.82, 2.24) is 5.32 Å². The SMILES string of the molecule is Nc1c(C(=O)NCc2ccsc2)sc2ccc(Br)cc12. The molecule has 0 aliphatic carbocycles. The first-order valence-corrected chi connectivity index (χ1v) is 8.47. The van der Waals surface area contributed by atoms with Gasteiger partial charge in [0.2, 0.25) is 0 Å². The van der Waals surface area contributed by atoms with Crippen molar-refractivity contribution >= 4 is 60.3 Å². The smallest absolute Gasteiger partial charge is 0.263 e. The predicted molar refractivity (Wildman–Crippen MR) is 89.4 cm³/mol. The van der Waals surface area contributed by atoms with Crippen molar-refractivity contribution in [2.75, 3.05) is 5.73 Å². The molecule has 1 aromatic carbocycles. The molecule has 1 amide bonds. The maximum Gasteiger partial charge on any atom is 0.263 e. The first-order chi connectivity index (χ1) is 9.65. The predicted octanol–water partition coefficient (Wildman–Crippen LogP) is 4.24. The Balaban J connectivity index is 1.86. The highest BCUT2D eigenvalue weighted by Crippen LogP contribution is 2.35. The molecule has 3 rings (SSSR count). The monoisotopic (exact) mass is 366 g/mol. The number of hydrogen-bond donors (Lipinski definition) is 2. The van der Waals surface area contributed by atoms with Gasteiger partial charge in [-0.2, -0.15) is 11.3 Å². The van der Waals surface area contributed by atoms with E-state index in [0.29, 0.717) is 17.1 Å². The highest BCUT2D eigenvalue weighted by molar-refractivity contribution is 9.10. The number of halogens is 1. The number of anilines is 1. The molecule has 3 aromatic rings. The van der Waals surface area contributed by atoms with Crippen LogP contribution in [0.1, 0.15) is 15.2 Å². The van der Waals surface area contributed by atoms with Crippen LogP contribution in [0.5, 0.6) is 0 Å². The van der Waals surface area contributed by atoms with E-state index in [4.69, 9.17) is 5.73 Å². The molecule has 2 heterocycles. The third kappa shape index (κ3) is 2.59. The number of hydrogen-bond acceptors (Lipinski definition) is 4. The summed E-state index contributed by atoms with van der Waals surface area (Å²) in [6, 6.07) is 7.86. The molecule has 0 unspecified atom stereocenters. The molecule has 20 heavy (non-hydrogen) atoms. The van der Waals surface area contributed by atoms with Crippen LogP contribution in [0.3, 0.4) is 0 Å². The van der Waals surface area contributed by atoms with Crippen LogP contribution in [0.25, 0.3) is 10.1 Å². The fraction of sp³-hybridized carbons (Fsp3) is 0.0714. The zero-order valence-corrected chi connectivity index (χ0v) is 13.6. The minimum Gasteiger partial charge on any atom is -0.397 e. The van der Waals surface area contributed by atoms with Crippen molar-refractivity contribution in [1.29, 1.82) is 0 Å². The molecule has 3 N–H and O–H groups in total. The summed E-state index contributed by atoms with van der Waals surface area (Å²) < 4.78 is 1.98. The van der Waals surface area contributed by atoms with Gasteiger partial charge in [-0.1, -0.05) is 15.9 Å². The van der Waals surface area contributed by atoms with Crippen LogP contribution in [0.2, 0.25) is 0 Å². The zero-order valence-electron chi connectivity index (χ0n) is 10.4. The van der Waals surface area contributed by atoms with Gasteiger partial charge in [0.1, 0.15) is 4.88 Å². The molecule has 0 radical (unpaired) electrons. The molecule has 2 aromatic heterocycles. The first-order valence-electron chi connectivity index (χ1n) is 5.92. The van der Waals surface area contributed by atoms with Gasteiger partial charge in [0, 0.05) is 21.1 Å². The van der Waals surface area contributed by atoms with Gasteiger partial charge >= 0.3 is 0 Å². The topological polar surface area (TPSA) is 55.1 Å². The van der Waals surface area contributed by atoms with Crippen LogP contribution in [-0.2, 0) is 6.54 Å². The highest BCUT2D eigenvalue weighted by Gasteiger charge is 2.16. The van der Waals surface area contributed by atoms with Gasteiger partial charge in [-0.3, -0.25) is 4.79 Å². The highest BCUT2D eigenvalue weighted by atomic mass is 79.9. The largest absolute Gasteiger partial charge is 0.397 e. The molecule has 0 bridgehead atoms. The lowest BCUT2D eigenvalue weighted by atomic mass is 10.2. The van der Waals surface area contributed by atoms with E-state index >= 15 is 0 Å². The normalized spacial score (nSPS) is 10.8. The van der Waals surface area contributed by atoms with Crippen molar-refractivity contribution < 1.29 is 4.79 Å². The molecule has 0 saturated heterocycles. The van der Waals surface area contributed by atoms with E-state index in [1.54, 1.807) is 11.3 Å². The van der Waals surface area contributed by atoms with Crippen molar-refractivity contribution in [3.63, 3.8) is 0 Å². The summed E-state index contributed by atoms with van der Waals surface area (Å²) in [7, 11) is 0. The van der Waals surface area contributed by atoms with Gasteiger partial charge in [-0.05, 0) is 40.6 Å². The van der Waals surface area contributed by atoms with Crippen LogP contribution < -0.4 is 11.1 Å². The summed E-state index contributed by atoms with van der Waals surface area (Å²) in [5.41, 5.74) is 7.74. The average molecular weight is 367 g/mol. The molecule has 6 heteroatoms. The van der Waals surface area contributed by atoms with Gasteiger partial charge in [-0.25, -0.2) is 0 Å². The van der Waals surface area contributed by atoms with Gasteiger partial charge in [0.15, 0.2) is 0 Å². The molecule has 0 aliphatic heterocycles. The Bertz CT molecular complexity index is 765. The summed E-state index contributed by atoms with van der Waals surface area (Å²) in [4.78, 5) is 12.8. The third-order valence-corrected chi connectivity index (χ3v) is 5.34. The molecule has 0 aliphatic rings. The number of amides is 1. The van der Waals surface area contributed by atoms with Gasteiger partial charge in [0.25, 0.3) is 5.91 Å². The summed E-state index contributed by atoms with van der Waals surface area (Å²) in [6.45, 7) is 0.527. The number of nitrogen functional groups attached to an aromatic ring is 1. The van der Waals surface area contributed by atoms with Crippen molar-refractivity contribution in [2.45, 2.75) is 6.54 Å². The maximum absolute atomic E-state index is 12.2. The second-order valence-corrected chi connectivity index (χ2v) is 7.05. The van der Waals surface area contributed by atoms with Crippen LogP contribution in [-0.4, -0.2) is 5.91 Å². The number of thiophene rings is 2. The number of carbonyl (C=O) groups excluding carboxylic acids is 1. The fourth-order valence-electron chi connectivity index (χ4n) is 1.91. The van der Waals surface area contributed by atoms with E-state index < -0.39 is 0 Å². The second-order valence-electron chi connectivity index (χ2n) is 4.30. The van der Waals surface area contributed by atoms with Crippen molar-refractivity contribution in [2.24, 2.45) is 0 Å². The van der Waals surface area contributed by atoms with Gasteiger partial charge < -0.3 is 11.1 Å². The summed E-state index contributed by atoms with van der Waals surface area (Å²) in [5.74, 6) is -0.119. The zero-order chi connectivity index (χ0) is 14.1. The van der Waals surface area contributed by atoms with Crippen LogP contribution in [0.15, 0.2) is 39.5 Å². The minimum absolute atomic E-state index is 0.119. The lowest BCUT2D eigenvalue weighted by molar-refractivity contribution is 0.0956. The molecule has 0 spiro atoms. The van der Waals surface area contributed by atoms with E-state index in [9.17, 15) is 4.79 Å². The van der Waals surface area contributed by atoms with Crippen LogP contribution in [0, 0.1) is 0 Å². The molecule has 3 nitrogen and oxygen atoms in total. The number of carbonyl (C=O) groups is 1. The van der Waals surface area contributed by atoms with Crippen LogP contribution >= 0.6 is 38.6 Å². The van der Waals surface area contributed by atoms with E-state index in [1.165, 1.54) is 11.3 Å². The van der Waals surface area contributed by atoms with Gasteiger partial charge in [-0.15, -0.1) is 11.3 Å². The van der Waals surface area contributed by atoms with Gasteiger partial charge in [0.05, 0.1) is 5.69 Å². The summed E-state index contributed by atoms with van der Waals surface area (Å²) >= 11 is 6.46. The molecule has 0 saturated carbocycles. The van der Waals surface area contributed by atoms with Crippen LogP contribution in [0.4, 0.5) is 5.69 Å². The minimum atomic E-state index is -0.119.